The summed E-state index contributed by atoms with van der Waals surface area (Å²) < 4.78 is 5.69. The van der Waals surface area contributed by atoms with Crippen LogP contribution < -0.4 is 48.1 Å². The van der Waals surface area contributed by atoms with E-state index in [-0.39, 0.29) is 76.6 Å². The van der Waals surface area contributed by atoms with Gasteiger partial charge in [0, 0.05) is 69.4 Å². The van der Waals surface area contributed by atoms with Gasteiger partial charge in [0.25, 0.3) is 0 Å². The Kier molecular flexibility index (Phi) is 21.0. The standard InChI is InChI=1S/C80H103N9O6/c1-50(91)44-87-75-43-79(40-70-66-24-27-83-45-60(66)31-57-19-11-25-84-77(57)70)39-54-22-23-74(79)80(75)41-69-62(33-59(46-86-71(69)42-80)55-16-7-4-8-17-55)48-89-78(82)85-26-10-18-56(29-53-15-9-14-52(28-53)21-20-51-12-5-3-6-13-51)68-38-76(81)88-47-61(68)32-58-35-72(94)73(95-2)37-67(58)63(49-90)34-65(93)36-64(92)30-54/h3-9,11-17,19,28,34-35,37-38,47,50,54,56-57,59-60,62,66,69-71,74-77,83-84,86-88,90-91,94H,18,20-25,27,29-33,36,39-46,48-49,81H2,1-2H3,(H3,82,85,89)/b63-34+/t50-,54+,56+,57-,59+,60-,62-,66+,69+,70+,71+,74+,75-,76?,77+,79-,80-/m0/s1. The second kappa shape index (κ2) is 29.9. The number of nitrogens with two attached hydrogens (primary N) is 2. The number of dihydropyridines is 1. The lowest BCUT2D eigenvalue weighted by molar-refractivity contribution is -0.126. The summed E-state index contributed by atoms with van der Waals surface area (Å²) in [5.41, 5.74) is 22.0. The first-order valence-corrected chi connectivity index (χ1v) is 35.9. The number of methoxy groups -OCH3 is 1. The zero-order valence-electron chi connectivity index (χ0n) is 55.9. The maximum absolute atomic E-state index is 14.9. The summed E-state index contributed by atoms with van der Waals surface area (Å²) in [4.78, 5) is 34.2. The van der Waals surface area contributed by atoms with E-state index in [9.17, 15) is 24.9 Å². The molecule has 4 saturated carbocycles. The van der Waals surface area contributed by atoms with Crippen LogP contribution in [0.3, 0.4) is 0 Å². The molecule has 1 spiro atoms. The molecule has 14 rings (SSSR count). The third-order valence-electron chi connectivity index (χ3n) is 24.3. The number of guanidine groups is 1. The van der Waals surface area contributed by atoms with Crippen LogP contribution in [-0.2, 0) is 35.3 Å². The average molecular weight is 1290 g/mol. The minimum atomic E-state index is -0.515. The lowest BCUT2D eigenvalue weighted by Gasteiger charge is -2.55. The molecule has 17 atom stereocenters. The minimum Gasteiger partial charge on any atom is -0.504 e. The number of piperidine rings is 1. The molecule has 0 radical (unpaired) electrons. The van der Waals surface area contributed by atoms with Crippen molar-refractivity contribution in [3.05, 3.63) is 172 Å². The van der Waals surface area contributed by atoms with E-state index in [2.05, 4.69) is 141 Å². The number of carbonyl (C=O) groups is 2. The molecule has 4 aromatic carbocycles. The molecule has 2 saturated heterocycles. The first kappa shape index (κ1) is 66.7. The Morgan fingerprint density at radius 3 is 2.48 bits per heavy atom. The Morgan fingerprint density at radius 2 is 1.66 bits per heavy atom. The van der Waals surface area contributed by atoms with E-state index in [4.69, 9.17) is 21.2 Å². The number of ether oxygens (including phenoxy) is 1. The van der Waals surface area contributed by atoms with Crippen LogP contribution in [0.25, 0.3) is 5.57 Å². The van der Waals surface area contributed by atoms with Crippen molar-refractivity contribution in [3.8, 4) is 23.5 Å². The van der Waals surface area contributed by atoms with E-state index in [1.165, 1.54) is 42.7 Å². The SMILES string of the molecule is COc1cc2c(cc1O)CC1=CNC(N)C=C1[C@@H](Cc1cccc(CCc3ccccc3)c1)CC#CN=C(N)NC[C@@H]1C[C@@H](c3ccccc3)CN[C@@H]3C[C@]4(C[C@H]13)[C@@H](NC[C@H](C)O)C[C@@]1(C[C@@H]3[C@@H]5CCNC[C@@H]5C[C@@H]5C=CCN[C@@H]35)C[C@H](CC[C@H]14)CC(=O)CC(=O)/C=C/2CO. The Morgan fingerprint density at radius 1 is 0.863 bits per heavy atom. The zero-order valence-corrected chi connectivity index (χ0v) is 55.9. The number of aromatic hydroxyl groups is 1. The number of hydrogen-bond acceptors (Lipinski definition) is 15. The summed E-state index contributed by atoms with van der Waals surface area (Å²) in [5, 5.41) is 57.3. The number of aliphatic hydroxyl groups is 2. The van der Waals surface area contributed by atoms with E-state index < -0.39 is 18.9 Å². The van der Waals surface area contributed by atoms with Crippen molar-refractivity contribution in [2.75, 3.05) is 53.0 Å². The second-order valence-corrected chi connectivity index (χ2v) is 30.2. The van der Waals surface area contributed by atoms with Crippen LogP contribution in [0, 0.1) is 76.1 Å². The normalized spacial score (nSPS) is 34.2. The average Bonchev–Trinajstić information content (AvgIpc) is 1.54. The summed E-state index contributed by atoms with van der Waals surface area (Å²) in [7, 11) is 1.48. The largest absolute Gasteiger partial charge is 0.504 e. The fraction of sp³-hybridized carbons (Fsp3) is 0.537. The lowest BCUT2D eigenvalue weighted by Crippen LogP contribution is -2.57. The molecule has 6 heterocycles. The van der Waals surface area contributed by atoms with Crippen molar-refractivity contribution >= 4 is 23.1 Å². The van der Waals surface area contributed by atoms with Crippen LogP contribution in [0.5, 0.6) is 11.5 Å². The molecule has 4 aliphatic carbocycles. The van der Waals surface area contributed by atoms with Gasteiger partial charge < -0.3 is 63.4 Å². The minimum absolute atomic E-state index is 0.0754. The van der Waals surface area contributed by atoms with Gasteiger partial charge in [-0.2, -0.15) is 4.99 Å². The molecule has 15 heteroatoms. The molecule has 13 N–H and O–H groups in total. The van der Waals surface area contributed by atoms with Crippen LogP contribution in [0.4, 0.5) is 0 Å². The second-order valence-electron chi connectivity index (χ2n) is 30.2. The number of nitrogens with one attached hydrogen (secondary N) is 6. The summed E-state index contributed by atoms with van der Waals surface area (Å²) in [6.07, 6.45) is 22.8. The molecule has 15 nitrogen and oxygen atoms in total. The first-order valence-electron chi connectivity index (χ1n) is 35.9. The number of allylic oxidation sites excluding steroid dienone is 3. The van der Waals surface area contributed by atoms with Gasteiger partial charge >= 0.3 is 0 Å². The number of benzene rings is 4. The third-order valence-corrected chi connectivity index (χ3v) is 24.3. The van der Waals surface area contributed by atoms with Crippen molar-refractivity contribution < 1.29 is 29.6 Å². The van der Waals surface area contributed by atoms with E-state index in [1.807, 2.05) is 19.2 Å². The zero-order chi connectivity index (χ0) is 65.6. The summed E-state index contributed by atoms with van der Waals surface area (Å²) >= 11 is 0. The third kappa shape index (κ3) is 15.0. The molecular formula is C80H103N9O6. The van der Waals surface area contributed by atoms with Crippen LogP contribution in [0.2, 0.25) is 0 Å². The van der Waals surface area contributed by atoms with Gasteiger partial charge in [-0.25, -0.2) is 0 Å². The molecule has 0 amide bonds. The summed E-state index contributed by atoms with van der Waals surface area (Å²) in [6.45, 7) is 6.44. The Bertz CT molecular complexity index is 3590. The number of Topliss-reactive ketones (excluding diaryl/α,β-unsaturated/α-hetero) is 1. The summed E-state index contributed by atoms with van der Waals surface area (Å²) in [5.74, 6) is 6.77. The van der Waals surface area contributed by atoms with Crippen LogP contribution >= 0.6 is 0 Å². The van der Waals surface area contributed by atoms with Gasteiger partial charge in [0.1, 0.15) is 5.78 Å². The van der Waals surface area contributed by atoms with E-state index in [1.54, 1.807) is 12.1 Å². The number of ketones is 2. The number of nitrogens with zero attached hydrogens (tertiary/aromatic N) is 1. The number of rotatable bonds is 13. The van der Waals surface area contributed by atoms with Gasteiger partial charge in [-0.15, -0.1) is 0 Å². The van der Waals surface area contributed by atoms with Gasteiger partial charge in [0.2, 0.25) is 5.96 Å². The number of hydrogen-bond donors (Lipinski definition) is 11. The Hall–Kier alpha value is -6.87. The van der Waals surface area contributed by atoms with Crippen molar-refractivity contribution in [3.63, 3.8) is 0 Å². The molecule has 6 aliphatic heterocycles. The first-order chi connectivity index (χ1) is 46.2. The van der Waals surface area contributed by atoms with Crippen LogP contribution in [0.15, 0.2) is 144 Å². The smallest absolute Gasteiger partial charge is 0.202 e. The fourth-order valence-electron chi connectivity index (χ4n) is 20.4. The van der Waals surface area contributed by atoms with Gasteiger partial charge in [-0.1, -0.05) is 103 Å². The van der Waals surface area contributed by atoms with Gasteiger partial charge in [0.05, 0.1) is 32.4 Å². The van der Waals surface area contributed by atoms with Gasteiger partial charge in [-0.05, 0) is 254 Å². The van der Waals surface area contributed by atoms with Crippen molar-refractivity contribution in [1.29, 1.82) is 0 Å². The highest BCUT2D eigenvalue weighted by atomic mass is 16.5. The molecule has 0 aromatic heterocycles. The van der Waals surface area contributed by atoms with Crippen molar-refractivity contribution in [2.45, 2.75) is 152 Å². The quantitative estimate of drug-likeness (QED) is 0.0341. The number of phenols is 1. The number of phenolic OH excluding ortho intramolecular Hbond substituents is 1. The molecule has 4 aromatic rings. The topological polar surface area (TPSA) is 241 Å². The Labute approximate surface area is 563 Å². The fourth-order valence-corrected chi connectivity index (χ4v) is 20.4. The monoisotopic (exact) mass is 1290 g/mol. The number of aryl methyl sites for hydroxylation is 2. The lowest BCUT2D eigenvalue weighted by atomic mass is 9.52. The Balaban J connectivity index is 0.883. The highest BCUT2D eigenvalue weighted by Crippen LogP contribution is 2.71. The maximum atomic E-state index is 14.9. The van der Waals surface area contributed by atoms with Crippen LogP contribution in [-0.4, -0.2) is 116 Å². The van der Waals surface area contributed by atoms with E-state index in [0.717, 1.165) is 107 Å². The summed E-state index contributed by atoms with van der Waals surface area (Å²) in [6, 6.07) is 37.6. The number of fused-ring (bicyclic) bond motifs is 12. The van der Waals surface area contributed by atoms with Crippen molar-refractivity contribution in [1.82, 2.24) is 31.9 Å². The molecule has 95 heavy (non-hydrogen) atoms. The molecule has 5 bridgehead atoms. The maximum Gasteiger partial charge on any atom is 0.202 e. The number of carbonyl (C=O) groups excluding carboxylic acids is 2. The molecule has 6 fully saturated rings. The highest BCUT2D eigenvalue weighted by Gasteiger charge is 2.68. The number of aliphatic hydroxyl groups excluding tert-OH is 2. The van der Waals surface area contributed by atoms with Gasteiger partial charge in [0.15, 0.2) is 17.3 Å². The molecular weight excluding hydrogens is 1180 g/mol. The molecule has 10 aliphatic rings. The molecule has 504 valence electrons. The van der Waals surface area contributed by atoms with E-state index >= 15 is 0 Å². The highest BCUT2D eigenvalue weighted by molar-refractivity contribution is 6.08. The number of aliphatic imine (C=N–C) groups is 1. The molecule has 1 unspecified atom stereocenters. The van der Waals surface area contributed by atoms with Gasteiger partial charge in [-0.3, -0.25) is 9.59 Å². The van der Waals surface area contributed by atoms with E-state index in [0.29, 0.717) is 102 Å². The predicted molar refractivity (Wildman–Crippen MR) is 377 cm³/mol. The predicted octanol–water partition coefficient (Wildman–Crippen LogP) is 8.93. The van der Waals surface area contributed by atoms with Crippen molar-refractivity contribution in [2.24, 2.45) is 80.6 Å². The van der Waals surface area contributed by atoms with Crippen LogP contribution in [0.1, 0.15) is 130 Å².